The number of amides is 1. The van der Waals surface area contributed by atoms with Crippen molar-refractivity contribution in [1.29, 1.82) is 0 Å². The number of aliphatic hydroxyl groups excluding tert-OH is 1. The lowest BCUT2D eigenvalue weighted by Gasteiger charge is -2.37. The molecule has 0 unspecified atom stereocenters. The van der Waals surface area contributed by atoms with Crippen LogP contribution in [0.4, 0.5) is 0 Å². The first kappa shape index (κ1) is 17.9. The highest BCUT2D eigenvalue weighted by molar-refractivity contribution is 5.81. The highest BCUT2D eigenvalue weighted by atomic mass is 16.5. The fourth-order valence-electron chi connectivity index (χ4n) is 2.94. The summed E-state index contributed by atoms with van der Waals surface area (Å²) < 4.78 is 5.51. The van der Waals surface area contributed by atoms with Gasteiger partial charge in [-0.05, 0) is 18.9 Å². The van der Waals surface area contributed by atoms with Gasteiger partial charge >= 0.3 is 0 Å². The third-order valence-electron chi connectivity index (χ3n) is 4.31. The number of carbonyl (C=O) groups excluding carboxylic acids is 1. The van der Waals surface area contributed by atoms with Gasteiger partial charge in [0.2, 0.25) is 0 Å². The van der Waals surface area contributed by atoms with E-state index in [-0.39, 0.29) is 12.0 Å². The van der Waals surface area contributed by atoms with Crippen molar-refractivity contribution in [3.8, 4) is 0 Å². The van der Waals surface area contributed by atoms with Gasteiger partial charge in [-0.15, -0.1) is 0 Å². The van der Waals surface area contributed by atoms with Gasteiger partial charge in [-0.3, -0.25) is 9.69 Å². The minimum absolute atomic E-state index is 0.0950. The average molecular weight is 320 g/mol. The Morgan fingerprint density at radius 3 is 2.39 bits per heavy atom. The molecule has 0 bridgehead atoms. The normalized spacial score (nSPS) is 18.7. The summed E-state index contributed by atoms with van der Waals surface area (Å²) in [5, 5.41) is 10.3. The first-order chi connectivity index (χ1) is 11.2. The van der Waals surface area contributed by atoms with Crippen LogP contribution in [0, 0.1) is 0 Å². The van der Waals surface area contributed by atoms with Gasteiger partial charge in [0.25, 0.3) is 5.91 Å². The molecule has 2 atom stereocenters. The lowest BCUT2D eigenvalue weighted by molar-refractivity contribution is -0.145. The lowest BCUT2D eigenvalue weighted by Crippen LogP contribution is -2.52. The van der Waals surface area contributed by atoms with Gasteiger partial charge in [-0.1, -0.05) is 37.3 Å². The third kappa shape index (κ3) is 5.03. The molecule has 5 heteroatoms. The van der Waals surface area contributed by atoms with Gasteiger partial charge in [0.1, 0.15) is 6.10 Å². The number of hydrogen-bond donors (Lipinski definition) is 1. The Balaban J connectivity index is 1.80. The SMILES string of the molecule is CCO[C@H](CC)C(=O)N1CCN(C[C@H](O)c2ccccc2)CC1. The average Bonchev–Trinajstić information content (AvgIpc) is 2.60. The van der Waals surface area contributed by atoms with E-state index in [0.717, 1.165) is 18.7 Å². The lowest BCUT2D eigenvalue weighted by atomic mass is 10.1. The van der Waals surface area contributed by atoms with Crippen LogP contribution < -0.4 is 0 Å². The summed E-state index contributed by atoms with van der Waals surface area (Å²) in [6.45, 7) is 8.04. The first-order valence-corrected chi connectivity index (χ1v) is 8.51. The number of hydrogen-bond acceptors (Lipinski definition) is 4. The van der Waals surface area contributed by atoms with Crippen LogP contribution in [0.2, 0.25) is 0 Å². The second-order valence-electron chi connectivity index (χ2n) is 5.90. The number of benzene rings is 1. The van der Waals surface area contributed by atoms with Crippen molar-refractivity contribution >= 4 is 5.91 Å². The number of rotatable bonds is 7. The van der Waals surface area contributed by atoms with Gasteiger partial charge in [0.05, 0.1) is 6.10 Å². The fraction of sp³-hybridized carbons (Fsp3) is 0.611. The number of β-amino-alcohol motifs (C(OH)–C–C–N with tert-alkyl or cyclic N) is 1. The van der Waals surface area contributed by atoms with Gasteiger partial charge in [0.15, 0.2) is 0 Å². The van der Waals surface area contributed by atoms with Crippen molar-refractivity contribution in [1.82, 2.24) is 9.80 Å². The Kier molecular flexibility index (Phi) is 7.02. The highest BCUT2D eigenvalue weighted by Gasteiger charge is 2.27. The van der Waals surface area contributed by atoms with Crippen LogP contribution in [0.25, 0.3) is 0 Å². The molecule has 1 aliphatic heterocycles. The highest BCUT2D eigenvalue weighted by Crippen LogP contribution is 2.15. The summed E-state index contributed by atoms with van der Waals surface area (Å²) in [6.07, 6.45) is -0.0914. The van der Waals surface area contributed by atoms with Crippen molar-refractivity contribution in [3.63, 3.8) is 0 Å². The van der Waals surface area contributed by atoms with Gasteiger partial charge in [0, 0.05) is 39.3 Å². The second kappa shape index (κ2) is 9.01. The van der Waals surface area contributed by atoms with Crippen LogP contribution in [0.5, 0.6) is 0 Å². The molecule has 1 amide bonds. The van der Waals surface area contributed by atoms with E-state index >= 15 is 0 Å². The number of aliphatic hydroxyl groups is 1. The number of ether oxygens (including phenoxy) is 1. The zero-order valence-electron chi connectivity index (χ0n) is 14.1. The van der Waals surface area contributed by atoms with E-state index in [1.807, 2.05) is 49.1 Å². The molecule has 0 radical (unpaired) electrons. The van der Waals surface area contributed by atoms with Gasteiger partial charge in [-0.2, -0.15) is 0 Å². The molecule has 1 aromatic rings. The number of carbonyl (C=O) groups is 1. The second-order valence-corrected chi connectivity index (χ2v) is 5.90. The van der Waals surface area contributed by atoms with Crippen LogP contribution >= 0.6 is 0 Å². The topological polar surface area (TPSA) is 53.0 Å². The molecule has 2 rings (SSSR count). The Bertz CT molecular complexity index is 472. The van der Waals surface area contributed by atoms with E-state index in [9.17, 15) is 9.90 Å². The predicted molar refractivity (Wildman–Crippen MR) is 90.1 cm³/mol. The molecule has 1 saturated heterocycles. The molecule has 5 nitrogen and oxygen atoms in total. The van der Waals surface area contributed by atoms with Crippen molar-refractivity contribution < 1.29 is 14.6 Å². The summed E-state index contributed by atoms with van der Waals surface area (Å²) >= 11 is 0. The van der Waals surface area contributed by atoms with Crippen LogP contribution in [0.3, 0.4) is 0 Å². The predicted octanol–water partition coefficient (Wildman–Crippen LogP) is 1.68. The summed E-state index contributed by atoms with van der Waals surface area (Å²) in [5.41, 5.74) is 0.938. The van der Waals surface area contributed by atoms with E-state index in [4.69, 9.17) is 4.74 Å². The van der Waals surface area contributed by atoms with E-state index in [1.54, 1.807) is 0 Å². The molecule has 23 heavy (non-hydrogen) atoms. The summed E-state index contributed by atoms with van der Waals surface area (Å²) in [4.78, 5) is 16.5. The molecular weight excluding hydrogens is 292 g/mol. The molecule has 1 aliphatic rings. The first-order valence-electron chi connectivity index (χ1n) is 8.51. The van der Waals surface area contributed by atoms with E-state index in [1.165, 1.54) is 0 Å². The van der Waals surface area contributed by atoms with Crippen molar-refractivity contribution in [3.05, 3.63) is 35.9 Å². The Morgan fingerprint density at radius 2 is 1.83 bits per heavy atom. The minimum atomic E-state index is -0.481. The van der Waals surface area contributed by atoms with E-state index < -0.39 is 6.10 Å². The maximum Gasteiger partial charge on any atom is 0.251 e. The smallest absolute Gasteiger partial charge is 0.251 e. The molecule has 1 heterocycles. The van der Waals surface area contributed by atoms with Crippen LogP contribution in [-0.2, 0) is 9.53 Å². The molecule has 1 aromatic carbocycles. The maximum absolute atomic E-state index is 12.4. The van der Waals surface area contributed by atoms with Crippen molar-refractivity contribution in [2.75, 3.05) is 39.3 Å². The minimum Gasteiger partial charge on any atom is -0.387 e. The van der Waals surface area contributed by atoms with Crippen LogP contribution in [0.15, 0.2) is 30.3 Å². The Morgan fingerprint density at radius 1 is 1.17 bits per heavy atom. The zero-order chi connectivity index (χ0) is 16.7. The largest absolute Gasteiger partial charge is 0.387 e. The summed E-state index contributed by atoms with van der Waals surface area (Å²) in [6, 6.07) is 9.71. The van der Waals surface area contributed by atoms with Crippen LogP contribution in [-0.4, -0.2) is 66.2 Å². The molecule has 128 valence electrons. The quantitative estimate of drug-likeness (QED) is 0.830. The number of piperazine rings is 1. The Hall–Kier alpha value is -1.43. The summed E-state index contributed by atoms with van der Waals surface area (Å²) in [5.74, 6) is 0.0950. The standard InChI is InChI=1S/C18H28N2O3/c1-3-17(23-4-2)18(22)20-12-10-19(11-13-20)14-16(21)15-8-6-5-7-9-15/h5-9,16-17,21H,3-4,10-14H2,1-2H3/t16-,17+/m0/s1. The number of nitrogens with zero attached hydrogens (tertiary/aromatic N) is 2. The summed E-state index contributed by atoms with van der Waals surface area (Å²) in [7, 11) is 0. The maximum atomic E-state index is 12.4. The molecule has 1 N–H and O–H groups in total. The zero-order valence-corrected chi connectivity index (χ0v) is 14.1. The van der Waals surface area contributed by atoms with Crippen LogP contribution in [0.1, 0.15) is 31.9 Å². The van der Waals surface area contributed by atoms with Gasteiger partial charge in [-0.25, -0.2) is 0 Å². The molecule has 0 aromatic heterocycles. The fourth-order valence-corrected chi connectivity index (χ4v) is 2.94. The van der Waals surface area contributed by atoms with Crippen molar-refractivity contribution in [2.45, 2.75) is 32.5 Å². The molecule has 1 fully saturated rings. The molecule has 0 spiro atoms. The van der Waals surface area contributed by atoms with E-state index in [0.29, 0.717) is 32.7 Å². The van der Waals surface area contributed by atoms with E-state index in [2.05, 4.69) is 4.90 Å². The molecule has 0 saturated carbocycles. The third-order valence-corrected chi connectivity index (χ3v) is 4.31. The monoisotopic (exact) mass is 320 g/mol. The Labute approximate surface area is 138 Å². The van der Waals surface area contributed by atoms with Crippen molar-refractivity contribution in [2.24, 2.45) is 0 Å². The molecular formula is C18H28N2O3. The molecule has 0 aliphatic carbocycles. The van der Waals surface area contributed by atoms with Gasteiger partial charge < -0.3 is 14.7 Å².